The summed E-state index contributed by atoms with van der Waals surface area (Å²) in [5.41, 5.74) is 5.50. The first-order chi connectivity index (χ1) is 17.5. The summed E-state index contributed by atoms with van der Waals surface area (Å²) >= 11 is 3.48. The highest BCUT2D eigenvalue weighted by Gasteiger charge is 2.19. The molecule has 5 aromatic rings. The second kappa shape index (κ2) is 10.2. The number of aromatic nitrogens is 3. The molecule has 0 saturated carbocycles. The zero-order valence-electron chi connectivity index (χ0n) is 19.2. The SMILES string of the molecule is O=C(O)CCc1cccc(C(=Nc2ccc(Cn3ccnc3)cc2)c2c(O)[nH]c3cc(Br)ccc23)c1. The van der Waals surface area contributed by atoms with Crippen LogP contribution in [0.3, 0.4) is 0 Å². The number of aliphatic imine (C=N–C) groups is 1. The number of fused-ring (bicyclic) bond motifs is 1. The molecule has 7 nitrogen and oxygen atoms in total. The van der Waals surface area contributed by atoms with Crippen LogP contribution in [0.2, 0.25) is 0 Å². The minimum Gasteiger partial charge on any atom is -0.494 e. The van der Waals surface area contributed by atoms with E-state index >= 15 is 0 Å². The molecule has 0 radical (unpaired) electrons. The third kappa shape index (κ3) is 5.23. The molecule has 0 amide bonds. The Morgan fingerprint density at radius 3 is 2.64 bits per heavy atom. The van der Waals surface area contributed by atoms with Crippen molar-refractivity contribution in [3.05, 3.63) is 112 Å². The van der Waals surface area contributed by atoms with Crippen molar-refractivity contribution < 1.29 is 15.0 Å². The Labute approximate surface area is 215 Å². The smallest absolute Gasteiger partial charge is 0.303 e. The number of carboxylic acid groups (broad SMARTS) is 1. The van der Waals surface area contributed by atoms with E-state index in [0.29, 0.717) is 24.2 Å². The van der Waals surface area contributed by atoms with Gasteiger partial charge in [0.2, 0.25) is 0 Å². The van der Waals surface area contributed by atoms with Crippen LogP contribution in [-0.4, -0.2) is 36.4 Å². The van der Waals surface area contributed by atoms with Crippen LogP contribution in [0.15, 0.2) is 94.9 Å². The van der Waals surface area contributed by atoms with Gasteiger partial charge in [-0.05, 0) is 47.9 Å². The van der Waals surface area contributed by atoms with Gasteiger partial charge < -0.3 is 19.8 Å². The molecule has 2 heterocycles. The minimum absolute atomic E-state index is 0.0227. The molecule has 0 spiro atoms. The number of aliphatic carboxylic acids is 1. The zero-order valence-corrected chi connectivity index (χ0v) is 20.8. The van der Waals surface area contributed by atoms with Crippen molar-refractivity contribution in [2.24, 2.45) is 4.99 Å². The van der Waals surface area contributed by atoms with E-state index in [4.69, 9.17) is 10.1 Å². The van der Waals surface area contributed by atoms with Gasteiger partial charge in [0.05, 0.1) is 28.8 Å². The largest absolute Gasteiger partial charge is 0.494 e. The number of imidazole rings is 1. The van der Waals surface area contributed by atoms with Gasteiger partial charge in [0, 0.05) is 40.8 Å². The van der Waals surface area contributed by atoms with Crippen LogP contribution in [0.5, 0.6) is 5.88 Å². The Morgan fingerprint density at radius 2 is 1.89 bits per heavy atom. The number of hydrogen-bond acceptors (Lipinski definition) is 4. The lowest BCUT2D eigenvalue weighted by molar-refractivity contribution is -0.136. The van der Waals surface area contributed by atoms with Crippen molar-refractivity contribution in [2.45, 2.75) is 19.4 Å². The highest BCUT2D eigenvalue weighted by Crippen LogP contribution is 2.33. The molecule has 2 aromatic heterocycles. The fraction of sp³-hybridized carbons (Fsp3) is 0.107. The van der Waals surface area contributed by atoms with E-state index in [1.165, 1.54) is 0 Å². The van der Waals surface area contributed by atoms with Gasteiger partial charge in [-0.25, -0.2) is 9.98 Å². The lowest BCUT2D eigenvalue weighted by Gasteiger charge is -2.10. The Kier molecular flexibility index (Phi) is 6.69. The van der Waals surface area contributed by atoms with Crippen molar-refractivity contribution >= 4 is 44.2 Å². The number of nitrogens with one attached hydrogen (secondary N) is 1. The molecule has 0 saturated heterocycles. The van der Waals surface area contributed by atoms with Gasteiger partial charge in [-0.3, -0.25) is 4.79 Å². The molecule has 0 aliphatic heterocycles. The van der Waals surface area contributed by atoms with Crippen LogP contribution in [0.4, 0.5) is 5.69 Å². The van der Waals surface area contributed by atoms with Crippen LogP contribution in [0, 0.1) is 0 Å². The summed E-state index contributed by atoms with van der Waals surface area (Å²) in [5, 5.41) is 20.9. The molecule has 3 aromatic carbocycles. The quantitative estimate of drug-likeness (QED) is 0.207. The summed E-state index contributed by atoms with van der Waals surface area (Å²) in [6.07, 6.45) is 5.90. The number of aromatic hydroxyl groups is 1. The molecule has 0 aliphatic rings. The zero-order chi connectivity index (χ0) is 25.1. The summed E-state index contributed by atoms with van der Waals surface area (Å²) in [4.78, 5) is 23.2. The maximum Gasteiger partial charge on any atom is 0.303 e. The molecule has 180 valence electrons. The topological polar surface area (TPSA) is 104 Å². The van der Waals surface area contributed by atoms with Gasteiger partial charge in [-0.15, -0.1) is 0 Å². The number of carboxylic acids is 1. The Morgan fingerprint density at radius 1 is 1.06 bits per heavy atom. The molecular formula is C28H23BrN4O3. The Balaban J connectivity index is 1.59. The molecule has 3 N–H and O–H groups in total. The van der Waals surface area contributed by atoms with Crippen molar-refractivity contribution in [3.8, 4) is 5.88 Å². The van der Waals surface area contributed by atoms with Gasteiger partial charge >= 0.3 is 5.97 Å². The number of hydrogen-bond donors (Lipinski definition) is 3. The number of aryl methyl sites for hydroxylation is 1. The summed E-state index contributed by atoms with van der Waals surface area (Å²) in [5.74, 6) is -0.820. The lowest BCUT2D eigenvalue weighted by Crippen LogP contribution is -2.05. The molecule has 0 aliphatic carbocycles. The predicted octanol–water partition coefficient (Wildman–Crippen LogP) is 6.07. The number of H-pyrrole nitrogens is 1. The van der Waals surface area contributed by atoms with E-state index in [1.54, 1.807) is 12.5 Å². The highest BCUT2D eigenvalue weighted by atomic mass is 79.9. The molecule has 0 atom stereocenters. The molecular weight excluding hydrogens is 520 g/mol. The van der Waals surface area contributed by atoms with E-state index in [0.717, 1.165) is 37.8 Å². The van der Waals surface area contributed by atoms with Crippen molar-refractivity contribution in [1.29, 1.82) is 0 Å². The summed E-state index contributed by atoms with van der Waals surface area (Å²) in [7, 11) is 0. The van der Waals surface area contributed by atoms with Gasteiger partial charge in [0.25, 0.3) is 0 Å². The average Bonchev–Trinajstić information content (AvgIpc) is 3.49. The number of halogens is 1. The monoisotopic (exact) mass is 542 g/mol. The molecule has 0 unspecified atom stereocenters. The third-order valence-electron chi connectivity index (χ3n) is 5.91. The molecule has 0 bridgehead atoms. The number of benzene rings is 3. The lowest BCUT2D eigenvalue weighted by atomic mass is 9.97. The normalized spacial score (nSPS) is 11.8. The summed E-state index contributed by atoms with van der Waals surface area (Å²) < 4.78 is 2.89. The predicted molar refractivity (Wildman–Crippen MR) is 143 cm³/mol. The first-order valence-electron chi connectivity index (χ1n) is 11.4. The second-order valence-corrected chi connectivity index (χ2v) is 9.41. The first-order valence-corrected chi connectivity index (χ1v) is 12.2. The van der Waals surface area contributed by atoms with Gasteiger partial charge in [0.15, 0.2) is 5.88 Å². The third-order valence-corrected chi connectivity index (χ3v) is 6.40. The van der Waals surface area contributed by atoms with E-state index in [2.05, 4.69) is 25.9 Å². The van der Waals surface area contributed by atoms with Gasteiger partial charge in [-0.1, -0.05) is 52.3 Å². The summed E-state index contributed by atoms with van der Waals surface area (Å²) in [6, 6.07) is 21.3. The molecule has 8 heteroatoms. The van der Waals surface area contributed by atoms with Gasteiger partial charge in [-0.2, -0.15) is 0 Å². The highest BCUT2D eigenvalue weighted by molar-refractivity contribution is 9.10. The average molecular weight is 543 g/mol. The first kappa shape index (κ1) is 23.6. The number of aromatic amines is 1. The molecule has 0 fully saturated rings. The van der Waals surface area contributed by atoms with Crippen molar-refractivity contribution in [3.63, 3.8) is 0 Å². The van der Waals surface area contributed by atoms with Crippen LogP contribution < -0.4 is 0 Å². The van der Waals surface area contributed by atoms with Crippen LogP contribution in [0.25, 0.3) is 10.9 Å². The van der Waals surface area contributed by atoms with Crippen molar-refractivity contribution in [2.75, 3.05) is 0 Å². The number of rotatable bonds is 8. The summed E-state index contributed by atoms with van der Waals surface area (Å²) in [6.45, 7) is 0.709. The Hall–Kier alpha value is -4.17. The molecule has 5 rings (SSSR count). The standard InChI is InChI=1S/C28H23BrN4O3/c29-21-7-10-23-24(15-21)32-28(36)26(23)27(20-3-1-2-18(14-20)6-11-25(34)35)31-22-8-4-19(5-9-22)16-33-13-12-30-17-33/h1-5,7-10,12-15,17,32,36H,6,11,16H2,(H,34,35). The minimum atomic E-state index is -0.843. The van der Waals surface area contributed by atoms with Gasteiger partial charge in [0.1, 0.15) is 0 Å². The van der Waals surface area contributed by atoms with Crippen LogP contribution in [-0.2, 0) is 17.8 Å². The fourth-order valence-electron chi connectivity index (χ4n) is 4.18. The second-order valence-electron chi connectivity index (χ2n) is 8.49. The van der Waals surface area contributed by atoms with Crippen LogP contribution >= 0.6 is 15.9 Å². The fourth-order valence-corrected chi connectivity index (χ4v) is 4.54. The van der Waals surface area contributed by atoms with E-state index < -0.39 is 5.97 Å². The number of carbonyl (C=O) groups is 1. The van der Waals surface area contributed by atoms with Crippen molar-refractivity contribution in [1.82, 2.24) is 14.5 Å². The van der Waals surface area contributed by atoms with E-state index in [1.807, 2.05) is 77.5 Å². The maximum absolute atomic E-state index is 11.1. The Bertz CT molecular complexity index is 1550. The number of nitrogens with zero attached hydrogens (tertiary/aromatic N) is 3. The van der Waals surface area contributed by atoms with E-state index in [-0.39, 0.29) is 12.3 Å². The van der Waals surface area contributed by atoms with Crippen LogP contribution in [0.1, 0.15) is 28.7 Å². The maximum atomic E-state index is 11.1. The molecule has 36 heavy (non-hydrogen) atoms. The van der Waals surface area contributed by atoms with E-state index in [9.17, 15) is 9.90 Å².